The van der Waals surface area contributed by atoms with E-state index in [2.05, 4.69) is 0 Å². The molecule has 7 heteroatoms. The zero-order chi connectivity index (χ0) is 18.2. The van der Waals surface area contributed by atoms with Crippen molar-refractivity contribution >= 4 is 21.4 Å². The second-order valence-corrected chi connectivity index (χ2v) is 8.16. The highest BCUT2D eigenvalue weighted by Gasteiger charge is 2.27. The van der Waals surface area contributed by atoms with E-state index < -0.39 is 27.4 Å². The number of carbonyl (C=O) groups excluding carboxylic acids is 1. The predicted octanol–water partition coefficient (Wildman–Crippen LogP) is 3.35. The lowest BCUT2D eigenvalue weighted by Gasteiger charge is -2.30. The summed E-state index contributed by atoms with van der Waals surface area (Å²) in [7, 11) is -3.35. The van der Waals surface area contributed by atoms with Crippen molar-refractivity contribution in [2.24, 2.45) is 0 Å². The van der Waals surface area contributed by atoms with E-state index in [0.29, 0.717) is 24.9 Å². The number of nitrogens with zero attached hydrogens (tertiary/aromatic N) is 1. The van der Waals surface area contributed by atoms with Crippen molar-refractivity contribution in [3.05, 3.63) is 59.2 Å². The van der Waals surface area contributed by atoms with Crippen molar-refractivity contribution in [3.63, 3.8) is 0 Å². The molecule has 0 aromatic heterocycles. The summed E-state index contributed by atoms with van der Waals surface area (Å²) in [4.78, 5) is 14.2. The van der Waals surface area contributed by atoms with E-state index in [-0.39, 0.29) is 21.9 Å². The average molecular weight is 365 g/mol. The number of fused-ring (bicyclic) bond motifs is 1. The van der Waals surface area contributed by atoms with Crippen molar-refractivity contribution < 1.29 is 22.0 Å². The Morgan fingerprint density at radius 2 is 1.84 bits per heavy atom. The molecule has 0 fully saturated rings. The third kappa shape index (κ3) is 3.28. The van der Waals surface area contributed by atoms with Gasteiger partial charge in [-0.1, -0.05) is 6.92 Å². The Kier molecular flexibility index (Phi) is 4.60. The van der Waals surface area contributed by atoms with E-state index >= 15 is 0 Å². The first-order valence-electron chi connectivity index (χ1n) is 7.96. The fraction of sp³-hybridized carbons (Fsp3) is 0.278. The van der Waals surface area contributed by atoms with Gasteiger partial charge in [0.1, 0.15) is 11.6 Å². The summed E-state index contributed by atoms with van der Waals surface area (Å²) < 4.78 is 51.3. The van der Waals surface area contributed by atoms with Gasteiger partial charge in [-0.15, -0.1) is 0 Å². The van der Waals surface area contributed by atoms with E-state index in [9.17, 15) is 22.0 Å². The number of sulfone groups is 1. The number of rotatable bonds is 3. The van der Waals surface area contributed by atoms with Crippen LogP contribution in [0.4, 0.5) is 14.5 Å². The van der Waals surface area contributed by atoms with E-state index in [1.54, 1.807) is 6.92 Å². The van der Waals surface area contributed by atoms with E-state index in [1.165, 1.54) is 35.2 Å². The van der Waals surface area contributed by atoms with Crippen LogP contribution in [-0.2, 0) is 16.3 Å². The van der Waals surface area contributed by atoms with Gasteiger partial charge in [0, 0.05) is 18.2 Å². The standard InChI is InChI=1S/C18H17F2NO3S/c1-2-25(23,24)15-7-5-12(6-8-15)18(22)21-9-3-4-13-10-14(19)11-16(20)17(13)21/h5-8,10-11H,2-4,9H2,1H3. The van der Waals surface area contributed by atoms with E-state index in [0.717, 1.165) is 6.07 Å². The lowest BCUT2D eigenvalue weighted by molar-refractivity contribution is 0.0984. The predicted molar refractivity (Wildman–Crippen MR) is 90.5 cm³/mol. The van der Waals surface area contributed by atoms with Crippen LogP contribution in [-0.4, -0.2) is 26.6 Å². The van der Waals surface area contributed by atoms with Gasteiger partial charge < -0.3 is 4.90 Å². The third-order valence-electron chi connectivity index (χ3n) is 4.29. The summed E-state index contributed by atoms with van der Waals surface area (Å²) in [5.74, 6) is -1.91. The van der Waals surface area contributed by atoms with Gasteiger partial charge in [-0.25, -0.2) is 17.2 Å². The number of halogens is 2. The molecule has 1 heterocycles. The summed E-state index contributed by atoms with van der Waals surface area (Å²) in [6.07, 6.45) is 1.10. The topological polar surface area (TPSA) is 54.5 Å². The second-order valence-electron chi connectivity index (χ2n) is 5.88. The van der Waals surface area contributed by atoms with Crippen molar-refractivity contribution in [2.45, 2.75) is 24.7 Å². The summed E-state index contributed by atoms with van der Waals surface area (Å²) in [6, 6.07) is 7.59. The Labute approximate surface area is 145 Å². The maximum absolute atomic E-state index is 14.2. The SMILES string of the molecule is CCS(=O)(=O)c1ccc(C(=O)N2CCCc3cc(F)cc(F)c32)cc1. The fourth-order valence-corrected chi connectivity index (χ4v) is 3.87. The second kappa shape index (κ2) is 6.55. The number of amides is 1. The van der Waals surface area contributed by atoms with Gasteiger partial charge in [0.05, 0.1) is 16.3 Å². The van der Waals surface area contributed by atoms with Crippen LogP contribution in [0.1, 0.15) is 29.3 Å². The Hall–Kier alpha value is -2.28. The molecule has 4 nitrogen and oxygen atoms in total. The minimum Gasteiger partial charge on any atom is -0.305 e. The van der Waals surface area contributed by atoms with Gasteiger partial charge in [-0.3, -0.25) is 4.79 Å². The zero-order valence-corrected chi connectivity index (χ0v) is 14.4. The Morgan fingerprint density at radius 3 is 2.48 bits per heavy atom. The summed E-state index contributed by atoms with van der Waals surface area (Å²) >= 11 is 0. The first-order valence-corrected chi connectivity index (χ1v) is 9.61. The number of hydrogen-bond donors (Lipinski definition) is 0. The van der Waals surface area contributed by atoms with Crippen LogP contribution in [0.15, 0.2) is 41.3 Å². The van der Waals surface area contributed by atoms with Crippen LogP contribution in [0.2, 0.25) is 0 Å². The monoisotopic (exact) mass is 365 g/mol. The van der Waals surface area contributed by atoms with Gasteiger partial charge in [0.15, 0.2) is 9.84 Å². The number of carbonyl (C=O) groups is 1. The van der Waals surface area contributed by atoms with Crippen molar-refractivity contribution in [1.82, 2.24) is 0 Å². The molecule has 0 unspecified atom stereocenters. The number of aryl methyl sites for hydroxylation is 1. The van der Waals surface area contributed by atoms with Gasteiger partial charge in [0.25, 0.3) is 5.91 Å². The number of anilines is 1. The van der Waals surface area contributed by atoms with Gasteiger partial charge in [0.2, 0.25) is 0 Å². The normalized spacial score (nSPS) is 14.3. The number of benzene rings is 2. The molecule has 0 N–H and O–H groups in total. The molecule has 1 amide bonds. The Bertz CT molecular complexity index is 924. The van der Waals surface area contributed by atoms with Crippen molar-refractivity contribution in [1.29, 1.82) is 0 Å². The number of hydrogen-bond acceptors (Lipinski definition) is 3. The lowest BCUT2D eigenvalue weighted by Crippen LogP contribution is -2.36. The van der Waals surface area contributed by atoms with Crippen LogP contribution in [0, 0.1) is 11.6 Å². The molecule has 2 aromatic carbocycles. The van der Waals surface area contributed by atoms with Crippen LogP contribution in [0.25, 0.3) is 0 Å². The van der Waals surface area contributed by atoms with Gasteiger partial charge >= 0.3 is 0 Å². The van der Waals surface area contributed by atoms with Crippen LogP contribution in [0.5, 0.6) is 0 Å². The maximum atomic E-state index is 14.2. The Morgan fingerprint density at radius 1 is 1.16 bits per heavy atom. The first-order chi connectivity index (χ1) is 11.8. The highest BCUT2D eigenvalue weighted by Crippen LogP contribution is 2.32. The van der Waals surface area contributed by atoms with Crippen molar-refractivity contribution in [2.75, 3.05) is 17.2 Å². The first kappa shape index (κ1) is 17.5. The Balaban J connectivity index is 1.96. The molecule has 1 aliphatic rings. The molecule has 2 aromatic rings. The molecule has 0 bridgehead atoms. The molecule has 0 saturated heterocycles. The van der Waals surface area contributed by atoms with Crippen molar-refractivity contribution in [3.8, 4) is 0 Å². The molecule has 0 radical (unpaired) electrons. The summed E-state index contributed by atoms with van der Waals surface area (Å²) in [5.41, 5.74) is 0.816. The van der Waals surface area contributed by atoms with Crippen LogP contribution in [0.3, 0.4) is 0 Å². The highest BCUT2D eigenvalue weighted by molar-refractivity contribution is 7.91. The smallest absolute Gasteiger partial charge is 0.258 e. The quantitative estimate of drug-likeness (QED) is 0.838. The molecule has 0 saturated carbocycles. The zero-order valence-electron chi connectivity index (χ0n) is 13.6. The molecule has 3 rings (SSSR count). The fourth-order valence-electron chi connectivity index (χ4n) is 2.98. The molecule has 0 atom stereocenters. The van der Waals surface area contributed by atoms with Crippen LogP contribution >= 0.6 is 0 Å². The van der Waals surface area contributed by atoms with Crippen LogP contribution < -0.4 is 4.90 Å². The summed E-state index contributed by atoms with van der Waals surface area (Å²) in [6.45, 7) is 1.87. The third-order valence-corrected chi connectivity index (χ3v) is 6.04. The maximum Gasteiger partial charge on any atom is 0.258 e. The molecule has 25 heavy (non-hydrogen) atoms. The lowest BCUT2D eigenvalue weighted by atomic mass is 10.00. The van der Waals surface area contributed by atoms with Gasteiger partial charge in [-0.05, 0) is 48.7 Å². The van der Waals surface area contributed by atoms with E-state index in [1.807, 2.05) is 0 Å². The van der Waals surface area contributed by atoms with Gasteiger partial charge in [-0.2, -0.15) is 0 Å². The molecular formula is C18H17F2NO3S. The minimum atomic E-state index is -3.35. The molecule has 1 aliphatic heterocycles. The minimum absolute atomic E-state index is 0.0312. The highest BCUT2D eigenvalue weighted by atomic mass is 32.2. The average Bonchev–Trinajstić information content (AvgIpc) is 2.60. The summed E-state index contributed by atoms with van der Waals surface area (Å²) in [5, 5.41) is 0. The molecule has 132 valence electrons. The molecule has 0 spiro atoms. The largest absolute Gasteiger partial charge is 0.305 e. The van der Waals surface area contributed by atoms with E-state index in [4.69, 9.17) is 0 Å². The molecule has 0 aliphatic carbocycles. The molecular weight excluding hydrogens is 348 g/mol.